The number of azo groups is 1. The van der Waals surface area contributed by atoms with Crippen LogP contribution in [0.3, 0.4) is 0 Å². The summed E-state index contributed by atoms with van der Waals surface area (Å²) in [6, 6.07) is 12.6. The Morgan fingerprint density at radius 1 is 0.920 bits per heavy atom. The number of alkyl halides is 3. The molecule has 2 aromatic carbocycles. The van der Waals surface area contributed by atoms with E-state index in [2.05, 4.69) is 15.3 Å². The maximum absolute atomic E-state index is 13.2. The van der Waals surface area contributed by atoms with Crippen LogP contribution in [0, 0.1) is 0 Å². The molecule has 0 saturated carbocycles. The first-order chi connectivity index (χ1) is 11.9. The molecule has 0 atom stereocenters. The molecule has 9 heteroatoms. The molecular weight excluding hydrogens is 376 g/mol. The Hall–Kier alpha value is -2.38. The van der Waals surface area contributed by atoms with E-state index in [-0.39, 0.29) is 16.4 Å². The van der Waals surface area contributed by atoms with E-state index in [0.717, 1.165) is 0 Å². The quantitative estimate of drug-likeness (QED) is 0.495. The smallest absolute Gasteiger partial charge is 0.271 e. The summed E-state index contributed by atoms with van der Waals surface area (Å²) in [7, 11) is 0. The third-order valence-corrected chi connectivity index (χ3v) is 3.82. The molecule has 0 saturated heterocycles. The number of hydrogen-bond acceptors (Lipinski definition) is 3. The number of benzene rings is 2. The van der Waals surface area contributed by atoms with Crippen LogP contribution in [0.25, 0.3) is 11.3 Å². The minimum atomic E-state index is -4.66. The summed E-state index contributed by atoms with van der Waals surface area (Å²) in [6.07, 6.45) is -4.66. The molecule has 0 aliphatic rings. The van der Waals surface area contributed by atoms with Gasteiger partial charge in [-0.25, -0.2) is 0 Å². The molecule has 0 radical (unpaired) electrons. The van der Waals surface area contributed by atoms with Gasteiger partial charge in [0.15, 0.2) is 5.69 Å². The van der Waals surface area contributed by atoms with Crippen LogP contribution in [0.15, 0.2) is 58.8 Å². The SMILES string of the molecule is FC(F)(F)c1[nH]nc(-c2ccc(Cl)cc2)c1N=Nc1ccccc1Cl. The number of rotatable bonds is 3. The maximum Gasteiger partial charge on any atom is 0.435 e. The van der Waals surface area contributed by atoms with Crippen LogP contribution in [0.2, 0.25) is 10.0 Å². The number of nitrogens with zero attached hydrogens (tertiary/aromatic N) is 3. The van der Waals surface area contributed by atoms with Gasteiger partial charge in [-0.3, -0.25) is 5.10 Å². The van der Waals surface area contributed by atoms with E-state index >= 15 is 0 Å². The highest BCUT2D eigenvalue weighted by molar-refractivity contribution is 6.32. The molecule has 0 bridgehead atoms. The molecule has 0 amide bonds. The summed E-state index contributed by atoms with van der Waals surface area (Å²) in [5, 5.41) is 14.0. The largest absolute Gasteiger partial charge is 0.435 e. The number of H-pyrrole nitrogens is 1. The Morgan fingerprint density at radius 2 is 1.60 bits per heavy atom. The second kappa shape index (κ2) is 6.85. The zero-order valence-electron chi connectivity index (χ0n) is 12.4. The Balaban J connectivity index is 2.11. The van der Waals surface area contributed by atoms with Crippen molar-refractivity contribution in [1.29, 1.82) is 0 Å². The number of aromatic amines is 1. The van der Waals surface area contributed by atoms with Crippen LogP contribution < -0.4 is 0 Å². The summed E-state index contributed by atoms with van der Waals surface area (Å²) in [6.45, 7) is 0. The van der Waals surface area contributed by atoms with Crippen LogP contribution in [0.5, 0.6) is 0 Å². The predicted octanol–water partition coefficient (Wildman–Crippen LogP) is 6.82. The Bertz CT molecular complexity index is 918. The molecule has 1 heterocycles. The van der Waals surface area contributed by atoms with Gasteiger partial charge in [0.1, 0.15) is 17.1 Å². The second-order valence-electron chi connectivity index (χ2n) is 4.95. The van der Waals surface area contributed by atoms with E-state index in [1.165, 1.54) is 0 Å². The van der Waals surface area contributed by atoms with E-state index in [9.17, 15) is 13.2 Å². The summed E-state index contributed by atoms with van der Waals surface area (Å²) >= 11 is 11.8. The summed E-state index contributed by atoms with van der Waals surface area (Å²) in [5.41, 5.74) is -0.826. The van der Waals surface area contributed by atoms with Gasteiger partial charge in [-0.15, -0.1) is 10.2 Å². The molecule has 1 aromatic heterocycles. The van der Waals surface area contributed by atoms with Crippen molar-refractivity contribution < 1.29 is 13.2 Å². The first kappa shape index (κ1) is 17.4. The molecule has 0 aliphatic heterocycles. The van der Waals surface area contributed by atoms with Gasteiger partial charge in [-0.2, -0.15) is 18.3 Å². The molecule has 0 aliphatic carbocycles. The van der Waals surface area contributed by atoms with Crippen LogP contribution in [0.4, 0.5) is 24.5 Å². The Labute approximate surface area is 150 Å². The van der Waals surface area contributed by atoms with Gasteiger partial charge in [-0.05, 0) is 24.3 Å². The molecule has 0 fully saturated rings. The summed E-state index contributed by atoms with van der Waals surface area (Å²) < 4.78 is 39.7. The predicted molar refractivity (Wildman–Crippen MR) is 89.7 cm³/mol. The van der Waals surface area contributed by atoms with Gasteiger partial charge in [0.05, 0.1) is 5.02 Å². The van der Waals surface area contributed by atoms with Crippen molar-refractivity contribution in [3.05, 3.63) is 64.3 Å². The molecule has 128 valence electrons. The second-order valence-corrected chi connectivity index (χ2v) is 5.80. The van der Waals surface area contributed by atoms with Crippen LogP contribution in [-0.4, -0.2) is 10.2 Å². The minimum absolute atomic E-state index is 0.0137. The van der Waals surface area contributed by atoms with Crippen molar-refractivity contribution >= 4 is 34.6 Å². The number of nitrogens with one attached hydrogen (secondary N) is 1. The van der Waals surface area contributed by atoms with Gasteiger partial charge in [-0.1, -0.05) is 47.5 Å². The van der Waals surface area contributed by atoms with Crippen molar-refractivity contribution in [2.24, 2.45) is 10.2 Å². The van der Waals surface area contributed by atoms with Crippen molar-refractivity contribution in [1.82, 2.24) is 10.2 Å². The van der Waals surface area contributed by atoms with E-state index in [0.29, 0.717) is 10.6 Å². The van der Waals surface area contributed by atoms with Gasteiger partial charge >= 0.3 is 6.18 Å². The topological polar surface area (TPSA) is 53.4 Å². The molecule has 0 unspecified atom stereocenters. The highest BCUT2D eigenvalue weighted by Gasteiger charge is 2.38. The van der Waals surface area contributed by atoms with Crippen LogP contribution in [0.1, 0.15) is 5.69 Å². The lowest BCUT2D eigenvalue weighted by Gasteiger charge is -2.04. The summed E-state index contributed by atoms with van der Waals surface area (Å²) in [4.78, 5) is 0. The average molecular weight is 385 g/mol. The van der Waals surface area contributed by atoms with Crippen molar-refractivity contribution in [3.8, 4) is 11.3 Å². The fourth-order valence-electron chi connectivity index (χ4n) is 2.08. The fourth-order valence-corrected chi connectivity index (χ4v) is 2.38. The molecule has 3 aromatic rings. The molecule has 25 heavy (non-hydrogen) atoms. The summed E-state index contributed by atoms with van der Waals surface area (Å²) in [5.74, 6) is 0. The molecular formula is C16H9Cl2F3N4. The number of halogens is 5. The maximum atomic E-state index is 13.2. The molecule has 0 spiro atoms. The van der Waals surface area contributed by atoms with E-state index in [1.54, 1.807) is 48.5 Å². The lowest BCUT2D eigenvalue weighted by Crippen LogP contribution is -2.05. The lowest BCUT2D eigenvalue weighted by atomic mass is 10.1. The van der Waals surface area contributed by atoms with Gasteiger partial charge in [0.2, 0.25) is 0 Å². The Kier molecular flexibility index (Phi) is 4.78. The standard InChI is InChI=1S/C16H9Cl2F3N4/c17-10-7-5-9(6-8-10)13-14(15(25-23-13)16(19,20)21)24-22-12-4-2-1-3-11(12)18/h1-8H,(H,23,25). The minimum Gasteiger partial charge on any atom is -0.271 e. The van der Waals surface area contributed by atoms with Crippen molar-refractivity contribution in [2.45, 2.75) is 6.18 Å². The lowest BCUT2D eigenvalue weighted by molar-refractivity contribution is -0.140. The van der Waals surface area contributed by atoms with Gasteiger partial charge in [0, 0.05) is 10.6 Å². The number of aromatic nitrogens is 2. The molecule has 1 N–H and O–H groups in total. The van der Waals surface area contributed by atoms with E-state index in [4.69, 9.17) is 23.2 Å². The van der Waals surface area contributed by atoms with Gasteiger partial charge in [0.25, 0.3) is 0 Å². The monoisotopic (exact) mass is 384 g/mol. The number of hydrogen-bond donors (Lipinski definition) is 1. The van der Waals surface area contributed by atoms with Crippen molar-refractivity contribution in [2.75, 3.05) is 0 Å². The third kappa shape index (κ3) is 3.83. The fraction of sp³-hybridized carbons (Fsp3) is 0.0625. The zero-order valence-corrected chi connectivity index (χ0v) is 13.9. The van der Waals surface area contributed by atoms with E-state index < -0.39 is 17.6 Å². The Morgan fingerprint density at radius 3 is 2.24 bits per heavy atom. The highest BCUT2D eigenvalue weighted by Crippen LogP contribution is 2.41. The normalized spacial score (nSPS) is 12.0. The molecule has 4 nitrogen and oxygen atoms in total. The third-order valence-electron chi connectivity index (χ3n) is 3.25. The zero-order chi connectivity index (χ0) is 18.0. The van der Waals surface area contributed by atoms with Crippen LogP contribution >= 0.6 is 23.2 Å². The molecule has 3 rings (SSSR count). The van der Waals surface area contributed by atoms with E-state index in [1.807, 2.05) is 5.10 Å². The van der Waals surface area contributed by atoms with Gasteiger partial charge < -0.3 is 0 Å². The highest BCUT2D eigenvalue weighted by atomic mass is 35.5. The van der Waals surface area contributed by atoms with Crippen molar-refractivity contribution in [3.63, 3.8) is 0 Å². The van der Waals surface area contributed by atoms with Crippen LogP contribution in [-0.2, 0) is 6.18 Å². The first-order valence-electron chi connectivity index (χ1n) is 6.94. The first-order valence-corrected chi connectivity index (χ1v) is 7.69. The average Bonchev–Trinajstić information content (AvgIpc) is 2.99.